The molecule has 1 saturated heterocycles. The van der Waals surface area contributed by atoms with Gasteiger partial charge < -0.3 is 10.1 Å². The van der Waals surface area contributed by atoms with Crippen molar-refractivity contribution in [2.45, 2.75) is 38.3 Å². The summed E-state index contributed by atoms with van der Waals surface area (Å²) < 4.78 is 5.61. The summed E-state index contributed by atoms with van der Waals surface area (Å²) in [4.78, 5) is 3.98. The van der Waals surface area contributed by atoms with E-state index in [1.54, 1.807) is 7.05 Å². The fraction of sp³-hybridized carbons (Fsp3) is 0.889. The smallest absolute Gasteiger partial charge is 0.205 e. The number of hydrazine groups is 1. The Morgan fingerprint density at radius 3 is 2.79 bits per heavy atom. The average Bonchev–Trinajstić information content (AvgIpc) is 2.12. The molecule has 5 heteroatoms. The lowest BCUT2D eigenvalue weighted by molar-refractivity contribution is -0.0605. The summed E-state index contributed by atoms with van der Waals surface area (Å²) in [7, 11) is 1.70. The second-order valence-electron chi connectivity index (χ2n) is 4.16. The van der Waals surface area contributed by atoms with Gasteiger partial charge in [0.15, 0.2) is 0 Å². The molecule has 1 atom stereocenters. The molecule has 0 bridgehead atoms. The predicted octanol–water partition coefficient (Wildman–Crippen LogP) is -0.0173. The Kier molecular flexibility index (Phi) is 3.71. The number of nitrogens with one attached hydrogen (secondary N) is 2. The van der Waals surface area contributed by atoms with Crippen molar-refractivity contribution in [2.75, 3.05) is 13.7 Å². The highest BCUT2D eigenvalue weighted by Gasteiger charge is 2.28. The molecule has 1 aliphatic heterocycles. The third-order valence-electron chi connectivity index (χ3n) is 2.40. The first-order valence-corrected chi connectivity index (χ1v) is 4.91. The molecule has 1 heterocycles. The minimum Gasteiger partial charge on any atom is -0.375 e. The third-order valence-corrected chi connectivity index (χ3v) is 2.40. The first-order chi connectivity index (χ1) is 6.57. The van der Waals surface area contributed by atoms with E-state index in [4.69, 9.17) is 10.6 Å². The van der Waals surface area contributed by atoms with Crippen LogP contribution in [0.5, 0.6) is 0 Å². The van der Waals surface area contributed by atoms with Crippen molar-refractivity contribution in [2.24, 2.45) is 10.8 Å². The first-order valence-electron chi connectivity index (χ1n) is 4.91. The van der Waals surface area contributed by atoms with Crippen molar-refractivity contribution in [3.63, 3.8) is 0 Å². The summed E-state index contributed by atoms with van der Waals surface area (Å²) in [6.07, 6.45) is 1.96. The van der Waals surface area contributed by atoms with Gasteiger partial charge in [-0.15, -0.1) is 0 Å². The van der Waals surface area contributed by atoms with E-state index in [9.17, 15) is 0 Å². The molecule has 0 radical (unpaired) electrons. The number of rotatable bonds is 1. The fourth-order valence-electron chi connectivity index (χ4n) is 1.72. The molecule has 1 unspecified atom stereocenters. The van der Waals surface area contributed by atoms with Gasteiger partial charge in [-0.1, -0.05) is 0 Å². The van der Waals surface area contributed by atoms with E-state index < -0.39 is 0 Å². The van der Waals surface area contributed by atoms with Crippen LogP contribution in [0.15, 0.2) is 4.99 Å². The zero-order valence-corrected chi connectivity index (χ0v) is 9.13. The van der Waals surface area contributed by atoms with Gasteiger partial charge in [0.05, 0.1) is 5.60 Å². The normalized spacial score (nSPS) is 27.1. The minimum absolute atomic E-state index is 0.0522. The standard InChI is InChI=1S/C9H20N4O/c1-9(2)6-7(4-5-14-9)12-8(11-3)13-10/h7H,4-6,10H2,1-3H3,(H2,11,12,13). The number of nitrogens with zero attached hydrogens (tertiary/aromatic N) is 1. The molecule has 0 aromatic heterocycles. The van der Waals surface area contributed by atoms with Gasteiger partial charge in [0.1, 0.15) is 0 Å². The van der Waals surface area contributed by atoms with Crippen LogP contribution >= 0.6 is 0 Å². The minimum atomic E-state index is -0.0522. The topological polar surface area (TPSA) is 71.7 Å². The largest absolute Gasteiger partial charge is 0.375 e. The number of aliphatic imine (C=N–C) groups is 1. The van der Waals surface area contributed by atoms with Gasteiger partial charge >= 0.3 is 0 Å². The van der Waals surface area contributed by atoms with Crippen LogP contribution in [0.1, 0.15) is 26.7 Å². The van der Waals surface area contributed by atoms with E-state index in [0.717, 1.165) is 19.4 Å². The van der Waals surface area contributed by atoms with Crippen LogP contribution in [0.25, 0.3) is 0 Å². The SMILES string of the molecule is CN=C(NN)NC1CCOC(C)(C)C1. The first kappa shape index (κ1) is 11.3. The molecule has 0 aliphatic carbocycles. The molecule has 4 N–H and O–H groups in total. The second-order valence-corrected chi connectivity index (χ2v) is 4.16. The van der Waals surface area contributed by atoms with Crippen LogP contribution in [0, 0.1) is 0 Å². The van der Waals surface area contributed by atoms with Crippen LogP contribution in [-0.2, 0) is 4.74 Å². The lowest BCUT2D eigenvalue weighted by Crippen LogP contribution is -2.51. The van der Waals surface area contributed by atoms with Crippen LogP contribution in [-0.4, -0.2) is 31.3 Å². The summed E-state index contributed by atoms with van der Waals surface area (Å²) in [6.45, 7) is 4.98. The van der Waals surface area contributed by atoms with Crippen molar-refractivity contribution in [1.82, 2.24) is 10.7 Å². The Balaban J connectivity index is 2.45. The molecular formula is C9H20N4O. The van der Waals surface area contributed by atoms with Gasteiger partial charge in [0.25, 0.3) is 0 Å². The third kappa shape index (κ3) is 3.16. The lowest BCUT2D eigenvalue weighted by Gasteiger charge is -2.36. The molecule has 1 aliphatic rings. The molecule has 5 nitrogen and oxygen atoms in total. The Hall–Kier alpha value is -0.810. The van der Waals surface area contributed by atoms with E-state index in [1.165, 1.54) is 0 Å². The summed E-state index contributed by atoms with van der Waals surface area (Å²) in [6, 6.07) is 0.383. The molecule has 0 spiro atoms. The van der Waals surface area contributed by atoms with Crippen molar-refractivity contribution in [3.05, 3.63) is 0 Å². The predicted molar refractivity (Wildman–Crippen MR) is 56.9 cm³/mol. The molecule has 14 heavy (non-hydrogen) atoms. The number of nitrogens with two attached hydrogens (primary N) is 1. The molecule has 82 valence electrons. The van der Waals surface area contributed by atoms with Gasteiger partial charge in [-0.2, -0.15) is 0 Å². The maximum atomic E-state index is 5.61. The highest BCUT2D eigenvalue weighted by Crippen LogP contribution is 2.23. The fourth-order valence-corrected chi connectivity index (χ4v) is 1.72. The van der Waals surface area contributed by atoms with Crippen molar-refractivity contribution < 1.29 is 4.74 Å². The van der Waals surface area contributed by atoms with E-state index >= 15 is 0 Å². The quantitative estimate of drug-likeness (QED) is 0.241. The maximum absolute atomic E-state index is 5.61. The number of hydrogen-bond acceptors (Lipinski definition) is 3. The van der Waals surface area contributed by atoms with Gasteiger partial charge in [-0.25, -0.2) is 5.84 Å². The Morgan fingerprint density at radius 2 is 2.29 bits per heavy atom. The van der Waals surface area contributed by atoms with Gasteiger partial charge in [0, 0.05) is 19.7 Å². The zero-order chi connectivity index (χ0) is 10.6. The van der Waals surface area contributed by atoms with Gasteiger partial charge in [-0.05, 0) is 26.7 Å². The summed E-state index contributed by atoms with van der Waals surface area (Å²) in [5.41, 5.74) is 2.47. The molecule has 0 amide bonds. The Bertz CT molecular complexity index is 215. The second kappa shape index (κ2) is 4.61. The van der Waals surface area contributed by atoms with Crippen LogP contribution in [0.4, 0.5) is 0 Å². The molecule has 0 aromatic rings. The van der Waals surface area contributed by atoms with Gasteiger partial charge in [0.2, 0.25) is 5.96 Å². The molecule has 0 saturated carbocycles. The summed E-state index contributed by atoms with van der Waals surface area (Å²) >= 11 is 0. The van der Waals surface area contributed by atoms with Crippen LogP contribution < -0.4 is 16.6 Å². The van der Waals surface area contributed by atoms with E-state index in [1.807, 2.05) is 0 Å². The maximum Gasteiger partial charge on any atom is 0.205 e. The molecule has 1 fully saturated rings. The molecular weight excluding hydrogens is 180 g/mol. The number of hydrogen-bond donors (Lipinski definition) is 3. The van der Waals surface area contributed by atoms with E-state index in [2.05, 4.69) is 29.6 Å². The van der Waals surface area contributed by atoms with Crippen molar-refractivity contribution in [1.29, 1.82) is 0 Å². The van der Waals surface area contributed by atoms with Crippen molar-refractivity contribution >= 4 is 5.96 Å². The lowest BCUT2D eigenvalue weighted by atomic mass is 9.94. The van der Waals surface area contributed by atoms with Crippen molar-refractivity contribution in [3.8, 4) is 0 Å². The van der Waals surface area contributed by atoms with Gasteiger partial charge in [-0.3, -0.25) is 10.4 Å². The molecule has 1 rings (SSSR count). The number of guanidine groups is 1. The van der Waals surface area contributed by atoms with E-state index in [-0.39, 0.29) is 5.60 Å². The zero-order valence-electron chi connectivity index (χ0n) is 9.13. The molecule has 0 aromatic carbocycles. The van der Waals surface area contributed by atoms with Crippen LogP contribution in [0.3, 0.4) is 0 Å². The van der Waals surface area contributed by atoms with E-state index in [0.29, 0.717) is 12.0 Å². The Labute approximate surface area is 85.1 Å². The average molecular weight is 200 g/mol. The highest BCUT2D eigenvalue weighted by molar-refractivity contribution is 5.79. The number of ether oxygens (including phenoxy) is 1. The monoisotopic (exact) mass is 200 g/mol. The highest BCUT2D eigenvalue weighted by atomic mass is 16.5. The summed E-state index contributed by atoms with van der Waals surface area (Å²) in [5, 5.41) is 3.24. The van der Waals surface area contributed by atoms with Crippen LogP contribution in [0.2, 0.25) is 0 Å². The Morgan fingerprint density at radius 1 is 1.57 bits per heavy atom. The summed E-state index contributed by atoms with van der Waals surface area (Å²) in [5.74, 6) is 5.93.